The average Bonchev–Trinajstić information content (AvgIpc) is 3.11. The quantitative estimate of drug-likeness (QED) is 0.630. The van der Waals surface area contributed by atoms with E-state index < -0.39 is 0 Å². The molecule has 0 radical (unpaired) electrons. The van der Waals surface area contributed by atoms with Gasteiger partial charge in [-0.1, -0.05) is 19.1 Å². The van der Waals surface area contributed by atoms with Gasteiger partial charge in [-0.25, -0.2) is 0 Å². The number of anilines is 1. The van der Waals surface area contributed by atoms with E-state index in [9.17, 15) is 14.4 Å². The number of aromatic amines is 1. The average molecular weight is 426 g/mol. The number of methoxy groups -OCH3 is 1. The number of ketones is 2. The van der Waals surface area contributed by atoms with E-state index >= 15 is 0 Å². The molecule has 0 atom stereocenters. The summed E-state index contributed by atoms with van der Waals surface area (Å²) in [4.78, 5) is 42.8. The second-order valence-electron chi connectivity index (χ2n) is 8.05. The zero-order valence-electron chi connectivity index (χ0n) is 18.7. The van der Waals surface area contributed by atoms with Gasteiger partial charge in [-0.2, -0.15) is 0 Å². The van der Waals surface area contributed by atoms with Crippen LogP contribution in [0, 0.1) is 12.8 Å². The molecule has 1 aliphatic rings. The molecule has 3 rings (SSSR count). The number of amides is 1. The third kappa shape index (κ3) is 5.05. The van der Waals surface area contributed by atoms with E-state index in [1.807, 2.05) is 38.1 Å². The molecule has 31 heavy (non-hydrogen) atoms. The number of para-hydroxylation sites is 2. The maximum atomic E-state index is 12.9. The van der Waals surface area contributed by atoms with Crippen LogP contribution in [0.3, 0.4) is 0 Å². The van der Waals surface area contributed by atoms with E-state index in [-0.39, 0.29) is 29.9 Å². The predicted molar refractivity (Wildman–Crippen MR) is 120 cm³/mol. The smallest absolute Gasteiger partial charge is 0.227 e. The summed E-state index contributed by atoms with van der Waals surface area (Å²) < 4.78 is 5.30. The van der Waals surface area contributed by atoms with Crippen LogP contribution in [0.2, 0.25) is 0 Å². The molecule has 2 heterocycles. The van der Waals surface area contributed by atoms with Gasteiger partial charge < -0.3 is 15.0 Å². The normalized spacial score (nSPS) is 15.0. The molecule has 0 bridgehead atoms. The number of hydrogen-bond donors (Lipinski definition) is 2. The van der Waals surface area contributed by atoms with Crippen molar-refractivity contribution in [2.24, 2.45) is 5.92 Å². The molecule has 166 valence electrons. The zero-order valence-corrected chi connectivity index (χ0v) is 18.7. The fourth-order valence-electron chi connectivity index (χ4n) is 4.36. The highest BCUT2D eigenvalue weighted by atomic mass is 16.5. The fourth-order valence-corrected chi connectivity index (χ4v) is 4.36. The topological polar surface area (TPSA) is 91.5 Å². The number of aromatic nitrogens is 1. The largest absolute Gasteiger partial charge is 0.495 e. The number of likely N-dealkylation sites (tertiary alicyclic amines) is 1. The minimum absolute atomic E-state index is 0.00984. The predicted octanol–water partition coefficient (Wildman–Crippen LogP) is 3.63. The number of piperidine rings is 1. The van der Waals surface area contributed by atoms with Crippen LogP contribution >= 0.6 is 0 Å². The van der Waals surface area contributed by atoms with E-state index in [1.54, 1.807) is 7.11 Å². The van der Waals surface area contributed by atoms with Gasteiger partial charge in [0, 0.05) is 17.2 Å². The Morgan fingerprint density at radius 2 is 1.87 bits per heavy atom. The summed E-state index contributed by atoms with van der Waals surface area (Å²) in [6.45, 7) is 6.96. The summed E-state index contributed by atoms with van der Waals surface area (Å²) in [5.74, 6) is 0.488. The van der Waals surface area contributed by atoms with E-state index in [4.69, 9.17) is 4.74 Å². The minimum Gasteiger partial charge on any atom is -0.495 e. The van der Waals surface area contributed by atoms with Gasteiger partial charge in [0.15, 0.2) is 11.6 Å². The lowest BCUT2D eigenvalue weighted by atomic mass is 9.95. The zero-order chi connectivity index (χ0) is 22.5. The third-order valence-electron chi connectivity index (χ3n) is 5.97. The molecule has 1 fully saturated rings. The summed E-state index contributed by atoms with van der Waals surface area (Å²) in [5.41, 5.74) is 3.40. The van der Waals surface area contributed by atoms with Crippen molar-refractivity contribution in [3.8, 4) is 5.75 Å². The highest BCUT2D eigenvalue weighted by Crippen LogP contribution is 2.26. The van der Waals surface area contributed by atoms with Crippen LogP contribution < -0.4 is 10.1 Å². The van der Waals surface area contributed by atoms with Crippen LogP contribution in [0.4, 0.5) is 5.69 Å². The fraction of sp³-hybridized carbons (Fsp3) is 0.458. The Morgan fingerprint density at radius 3 is 2.48 bits per heavy atom. The Morgan fingerprint density at radius 1 is 1.19 bits per heavy atom. The molecule has 0 saturated carbocycles. The molecule has 1 aliphatic heterocycles. The van der Waals surface area contributed by atoms with Crippen LogP contribution in [0.25, 0.3) is 0 Å². The Labute approximate surface area is 183 Å². The Bertz CT molecular complexity index is 971. The van der Waals surface area contributed by atoms with E-state index in [1.165, 1.54) is 6.92 Å². The van der Waals surface area contributed by atoms with Crippen molar-refractivity contribution in [1.82, 2.24) is 9.88 Å². The molecule has 1 aromatic carbocycles. The van der Waals surface area contributed by atoms with Gasteiger partial charge in [0.05, 0.1) is 25.0 Å². The first-order valence-corrected chi connectivity index (χ1v) is 10.8. The maximum absolute atomic E-state index is 12.9. The Hall–Kier alpha value is -2.93. The monoisotopic (exact) mass is 425 g/mol. The van der Waals surface area contributed by atoms with Gasteiger partial charge in [-0.15, -0.1) is 0 Å². The van der Waals surface area contributed by atoms with Gasteiger partial charge in [-0.3, -0.25) is 19.3 Å². The molecule has 2 N–H and O–H groups in total. The van der Waals surface area contributed by atoms with Gasteiger partial charge in [0.1, 0.15) is 5.75 Å². The van der Waals surface area contributed by atoms with Gasteiger partial charge in [0.2, 0.25) is 5.91 Å². The standard InChI is InChI=1S/C24H31N3O4/c1-5-18-22(16(3)28)15(2)25-23(18)20(29)14-27-12-10-17(11-13-27)24(30)26-19-8-6-7-9-21(19)31-4/h6-9,17,25H,5,10-14H2,1-4H3,(H,26,30). The first kappa shape index (κ1) is 22.7. The number of nitrogens with zero attached hydrogens (tertiary/aromatic N) is 1. The molecule has 1 amide bonds. The van der Waals surface area contributed by atoms with Crippen molar-refractivity contribution in [2.75, 3.05) is 32.1 Å². The lowest BCUT2D eigenvalue weighted by Gasteiger charge is -2.30. The molecule has 1 aromatic heterocycles. The van der Waals surface area contributed by atoms with Crippen molar-refractivity contribution in [1.29, 1.82) is 0 Å². The van der Waals surface area contributed by atoms with E-state index in [0.29, 0.717) is 55.0 Å². The van der Waals surface area contributed by atoms with Gasteiger partial charge in [0.25, 0.3) is 0 Å². The highest BCUT2D eigenvalue weighted by molar-refractivity contribution is 6.04. The number of carbonyl (C=O) groups is 3. The van der Waals surface area contributed by atoms with Crippen LogP contribution in [-0.2, 0) is 11.2 Å². The molecule has 2 aromatic rings. The molecule has 0 aliphatic carbocycles. The molecular weight excluding hydrogens is 394 g/mol. The summed E-state index contributed by atoms with van der Waals surface area (Å²) in [6.07, 6.45) is 2.01. The molecule has 7 nitrogen and oxygen atoms in total. The molecule has 1 saturated heterocycles. The van der Waals surface area contributed by atoms with Crippen molar-refractivity contribution >= 4 is 23.2 Å². The summed E-state index contributed by atoms with van der Waals surface area (Å²) in [7, 11) is 1.58. The number of nitrogens with one attached hydrogen (secondary N) is 2. The number of carbonyl (C=O) groups excluding carboxylic acids is 3. The van der Waals surface area contributed by atoms with Crippen LogP contribution in [0.1, 0.15) is 58.8 Å². The number of benzene rings is 1. The minimum atomic E-state index is -0.0977. The first-order valence-electron chi connectivity index (χ1n) is 10.8. The lowest BCUT2D eigenvalue weighted by Crippen LogP contribution is -2.40. The van der Waals surface area contributed by atoms with E-state index in [0.717, 1.165) is 11.3 Å². The number of aryl methyl sites for hydroxylation is 1. The maximum Gasteiger partial charge on any atom is 0.227 e. The third-order valence-corrected chi connectivity index (χ3v) is 5.97. The van der Waals surface area contributed by atoms with Crippen molar-refractivity contribution in [3.05, 3.63) is 46.8 Å². The van der Waals surface area contributed by atoms with Crippen LogP contribution in [0.15, 0.2) is 24.3 Å². The SMILES string of the molecule is CCc1c(C(=O)CN2CCC(C(=O)Nc3ccccc3OC)CC2)[nH]c(C)c1C(C)=O. The highest BCUT2D eigenvalue weighted by Gasteiger charge is 2.28. The molecule has 0 spiro atoms. The second-order valence-corrected chi connectivity index (χ2v) is 8.05. The van der Waals surface area contributed by atoms with E-state index in [2.05, 4.69) is 15.2 Å². The number of ether oxygens (including phenoxy) is 1. The summed E-state index contributed by atoms with van der Waals surface area (Å²) in [6, 6.07) is 7.35. The number of H-pyrrole nitrogens is 1. The Balaban J connectivity index is 1.58. The van der Waals surface area contributed by atoms with Crippen molar-refractivity contribution in [2.45, 2.75) is 40.0 Å². The molecule has 0 unspecified atom stereocenters. The summed E-state index contributed by atoms with van der Waals surface area (Å²) >= 11 is 0. The lowest BCUT2D eigenvalue weighted by molar-refractivity contribution is -0.121. The summed E-state index contributed by atoms with van der Waals surface area (Å²) in [5, 5.41) is 2.96. The van der Waals surface area contributed by atoms with Crippen molar-refractivity contribution < 1.29 is 19.1 Å². The number of rotatable bonds is 8. The molecule has 7 heteroatoms. The number of hydrogen-bond acceptors (Lipinski definition) is 5. The van der Waals surface area contributed by atoms with Crippen LogP contribution in [0.5, 0.6) is 5.75 Å². The van der Waals surface area contributed by atoms with Crippen molar-refractivity contribution in [3.63, 3.8) is 0 Å². The molecular formula is C24H31N3O4. The Kier molecular flexibility index (Phi) is 7.28. The second kappa shape index (κ2) is 9.92. The first-order chi connectivity index (χ1) is 14.8. The van der Waals surface area contributed by atoms with Crippen LogP contribution in [-0.4, -0.2) is 54.1 Å². The van der Waals surface area contributed by atoms with Gasteiger partial charge in [-0.05, 0) is 63.9 Å². The van der Waals surface area contributed by atoms with Gasteiger partial charge >= 0.3 is 0 Å². The number of Topliss-reactive ketones (excluding diaryl/α,β-unsaturated/α-hetero) is 2.